The fourth-order valence-electron chi connectivity index (χ4n) is 1.51. The van der Waals surface area contributed by atoms with Crippen molar-refractivity contribution in [1.29, 1.82) is 0 Å². The first kappa shape index (κ1) is 8.70. The van der Waals surface area contributed by atoms with E-state index in [1.54, 1.807) is 6.26 Å². The molecule has 0 aliphatic carbocycles. The van der Waals surface area contributed by atoms with Gasteiger partial charge < -0.3 is 9.52 Å². The van der Waals surface area contributed by atoms with Gasteiger partial charge in [0.15, 0.2) is 10.7 Å². The molecular formula is C10H8N2O2S. The van der Waals surface area contributed by atoms with Crippen molar-refractivity contribution in [2.45, 2.75) is 6.61 Å². The molecule has 0 atom stereocenters. The van der Waals surface area contributed by atoms with Crippen LogP contribution in [-0.4, -0.2) is 14.5 Å². The molecule has 1 N–H and O–H groups in total. The highest BCUT2D eigenvalue weighted by Gasteiger charge is 2.10. The minimum Gasteiger partial charge on any atom is -0.463 e. The lowest BCUT2D eigenvalue weighted by Crippen LogP contribution is -1.82. The van der Waals surface area contributed by atoms with Crippen molar-refractivity contribution in [3.05, 3.63) is 35.7 Å². The normalized spacial score (nSPS) is 11.3. The zero-order valence-electron chi connectivity index (χ0n) is 7.75. The van der Waals surface area contributed by atoms with Gasteiger partial charge in [0, 0.05) is 11.6 Å². The summed E-state index contributed by atoms with van der Waals surface area (Å²) >= 11 is 1.53. The number of fused-ring (bicyclic) bond motifs is 1. The minimum atomic E-state index is -0.0357. The van der Waals surface area contributed by atoms with Crippen LogP contribution in [0.1, 0.15) is 5.69 Å². The number of nitrogens with zero attached hydrogens (tertiary/aromatic N) is 2. The monoisotopic (exact) mass is 220 g/mol. The van der Waals surface area contributed by atoms with Crippen LogP contribution in [0.4, 0.5) is 0 Å². The van der Waals surface area contributed by atoms with Crippen LogP contribution in [0.25, 0.3) is 16.4 Å². The van der Waals surface area contributed by atoms with E-state index in [2.05, 4.69) is 4.98 Å². The second-order valence-corrected chi connectivity index (χ2v) is 3.98. The fourth-order valence-corrected chi connectivity index (χ4v) is 2.39. The van der Waals surface area contributed by atoms with Crippen molar-refractivity contribution in [1.82, 2.24) is 9.38 Å². The van der Waals surface area contributed by atoms with Crippen LogP contribution in [0.2, 0.25) is 0 Å². The van der Waals surface area contributed by atoms with Gasteiger partial charge in [-0.25, -0.2) is 4.98 Å². The second-order valence-electron chi connectivity index (χ2n) is 3.14. The van der Waals surface area contributed by atoms with E-state index in [-0.39, 0.29) is 6.61 Å². The average molecular weight is 220 g/mol. The highest BCUT2D eigenvalue weighted by atomic mass is 32.1. The zero-order chi connectivity index (χ0) is 10.3. The summed E-state index contributed by atoms with van der Waals surface area (Å²) in [5.41, 5.74) is 1.64. The smallest absolute Gasteiger partial charge is 0.194 e. The van der Waals surface area contributed by atoms with Gasteiger partial charge in [-0.1, -0.05) is 0 Å². The van der Waals surface area contributed by atoms with Gasteiger partial charge in [0.25, 0.3) is 0 Å². The fraction of sp³-hybridized carbons (Fsp3) is 0.100. The van der Waals surface area contributed by atoms with Gasteiger partial charge in [-0.3, -0.25) is 4.40 Å². The molecule has 3 aromatic rings. The molecule has 0 aliphatic rings. The molecule has 4 nitrogen and oxygen atoms in total. The van der Waals surface area contributed by atoms with Gasteiger partial charge >= 0.3 is 0 Å². The summed E-state index contributed by atoms with van der Waals surface area (Å²) in [6.07, 6.45) is 3.46. The Morgan fingerprint density at radius 1 is 1.53 bits per heavy atom. The average Bonchev–Trinajstić information content (AvgIpc) is 2.92. The van der Waals surface area contributed by atoms with Crippen molar-refractivity contribution >= 4 is 16.3 Å². The molecular weight excluding hydrogens is 212 g/mol. The number of aromatic nitrogens is 2. The highest BCUT2D eigenvalue weighted by Crippen LogP contribution is 2.26. The molecule has 3 rings (SSSR count). The van der Waals surface area contributed by atoms with Gasteiger partial charge in [-0.05, 0) is 12.1 Å². The third-order valence-electron chi connectivity index (χ3n) is 2.19. The van der Waals surface area contributed by atoms with E-state index in [0.29, 0.717) is 5.69 Å². The van der Waals surface area contributed by atoms with Crippen LogP contribution in [0.5, 0.6) is 0 Å². The number of furan rings is 1. The second kappa shape index (κ2) is 3.22. The Labute approximate surface area is 89.4 Å². The Balaban J connectivity index is 2.23. The van der Waals surface area contributed by atoms with Crippen LogP contribution in [0, 0.1) is 0 Å². The summed E-state index contributed by atoms with van der Waals surface area (Å²) in [7, 11) is 0. The molecule has 0 spiro atoms. The van der Waals surface area contributed by atoms with E-state index in [9.17, 15) is 0 Å². The van der Waals surface area contributed by atoms with Gasteiger partial charge in [0.2, 0.25) is 0 Å². The lowest BCUT2D eigenvalue weighted by Gasteiger charge is -1.92. The summed E-state index contributed by atoms with van der Waals surface area (Å²) < 4.78 is 7.25. The van der Waals surface area contributed by atoms with Crippen molar-refractivity contribution in [3.63, 3.8) is 0 Å². The topological polar surface area (TPSA) is 50.7 Å². The first-order valence-corrected chi connectivity index (χ1v) is 5.36. The van der Waals surface area contributed by atoms with E-state index in [1.807, 2.05) is 28.1 Å². The predicted octanol–water partition coefficient (Wildman–Crippen LogP) is 2.15. The molecule has 0 fully saturated rings. The molecule has 0 bridgehead atoms. The maximum absolute atomic E-state index is 8.98. The SMILES string of the molecule is OCc1cn2c(-c3ccco3)csc2n1. The third kappa shape index (κ3) is 1.28. The standard InChI is InChI=1S/C10H8N2O2S/c13-5-7-4-12-8(6-15-10(12)11-7)9-2-1-3-14-9/h1-4,6,13H,5H2. The van der Waals surface area contributed by atoms with E-state index in [4.69, 9.17) is 9.52 Å². The van der Waals surface area contributed by atoms with E-state index < -0.39 is 0 Å². The molecule has 5 heteroatoms. The first-order valence-electron chi connectivity index (χ1n) is 4.48. The maximum atomic E-state index is 8.98. The molecule has 3 heterocycles. The number of imidazole rings is 1. The molecule has 76 valence electrons. The first-order chi connectivity index (χ1) is 7.38. The lowest BCUT2D eigenvalue weighted by atomic mass is 10.3. The van der Waals surface area contributed by atoms with Gasteiger partial charge in [-0.2, -0.15) is 0 Å². The zero-order valence-corrected chi connectivity index (χ0v) is 8.57. The Morgan fingerprint density at radius 3 is 3.20 bits per heavy atom. The molecule has 0 amide bonds. The summed E-state index contributed by atoms with van der Waals surface area (Å²) in [5.74, 6) is 0.808. The quantitative estimate of drug-likeness (QED) is 0.720. The lowest BCUT2D eigenvalue weighted by molar-refractivity contribution is 0.277. The maximum Gasteiger partial charge on any atom is 0.194 e. The summed E-state index contributed by atoms with van der Waals surface area (Å²) in [6.45, 7) is -0.0357. The number of rotatable bonds is 2. The van der Waals surface area contributed by atoms with Crippen molar-refractivity contribution in [2.75, 3.05) is 0 Å². The minimum absolute atomic E-state index is 0.0357. The Kier molecular flexibility index (Phi) is 1.87. The molecule has 0 aromatic carbocycles. The Morgan fingerprint density at radius 2 is 2.47 bits per heavy atom. The Hall–Kier alpha value is -1.59. The number of hydrogen-bond acceptors (Lipinski definition) is 4. The van der Waals surface area contributed by atoms with Crippen LogP contribution < -0.4 is 0 Å². The molecule has 0 saturated carbocycles. The van der Waals surface area contributed by atoms with E-state index in [0.717, 1.165) is 16.4 Å². The third-order valence-corrected chi connectivity index (χ3v) is 3.03. The van der Waals surface area contributed by atoms with Gasteiger partial charge in [0.1, 0.15) is 5.69 Å². The summed E-state index contributed by atoms with van der Waals surface area (Å²) in [5, 5.41) is 11.0. The number of aliphatic hydroxyl groups excluding tert-OH is 1. The molecule has 15 heavy (non-hydrogen) atoms. The Bertz CT molecular complexity index is 580. The predicted molar refractivity (Wildman–Crippen MR) is 56.7 cm³/mol. The van der Waals surface area contributed by atoms with E-state index >= 15 is 0 Å². The van der Waals surface area contributed by atoms with Crippen molar-refractivity contribution < 1.29 is 9.52 Å². The molecule has 0 radical (unpaired) electrons. The van der Waals surface area contributed by atoms with Crippen LogP contribution >= 0.6 is 11.3 Å². The molecule has 0 unspecified atom stereocenters. The molecule has 3 aromatic heterocycles. The molecule has 0 aliphatic heterocycles. The van der Waals surface area contributed by atoms with E-state index in [1.165, 1.54) is 11.3 Å². The number of aliphatic hydroxyl groups is 1. The van der Waals surface area contributed by atoms with Crippen LogP contribution in [0.15, 0.2) is 34.4 Å². The molecule has 0 saturated heterocycles. The van der Waals surface area contributed by atoms with Crippen molar-refractivity contribution in [3.8, 4) is 11.5 Å². The highest BCUT2D eigenvalue weighted by molar-refractivity contribution is 7.15. The number of hydrogen-bond donors (Lipinski definition) is 1. The van der Waals surface area contributed by atoms with Crippen LogP contribution in [-0.2, 0) is 6.61 Å². The van der Waals surface area contributed by atoms with Crippen molar-refractivity contribution in [2.24, 2.45) is 0 Å². The summed E-state index contributed by atoms with van der Waals surface area (Å²) in [4.78, 5) is 5.12. The largest absolute Gasteiger partial charge is 0.463 e. The summed E-state index contributed by atoms with van der Waals surface area (Å²) in [6, 6.07) is 3.75. The number of thiazole rings is 1. The van der Waals surface area contributed by atoms with Crippen LogP contribution in [0.3, 0.4) is 0 Å². The van der Waals surface area contributed by atoms with Gasteiger partial charge in [-0.15, -0.1) is 11.3 Å². The van der Waals surface area contributed by atoms with Gasteiger partial charge in [0.05, 0.1) is 18.6 Å².